The van der Waals surface area contributed by atoms with Gasteiger partial charge >= 0.3 is 0 Å². The van der Waals surface area contributed by atoms with Gasteiger partial charge in [0.05, 0.1) is 12.2 Å². The third-order valence-electron chi connectivity index (χ3n) is 6.11. The molecule has 2 aliphatic heterocycles. The second kappa shape index (κ2) is 9.47. The standard InChI is InChI=1S/C31H23NO4/c33-31-25(17-23-11-16-29-30(18-23)35-21-34-29)19-28(32(31)20-22-7-3-1-4-8-22)24-12-14-27(15-13-24)36-26-9-5-2-6-10-26/h1-19H,20-21H2/b25-17+. The maximum atomic E-state index is 13.6. The van der Waals surface area contributed by atoms with E-state index in [4.69, 9.17) is 14.2 Å². The van der Waals surface area contributed by atoms with E-state index in [1.807, 2.05) is 120 Å². The molecule has 0 N–H and O–H groups in total. The molecule has 5 heteroatoms. The van der Waals surface area contributed by atoms with Gasteiger partial charge in [-0.25, -0.2) is 0 Å². The summed E-state index contributed by atoms with van der Waals surface area (Å²) in [6, 6.07) is 33.2. The number of hydrogen-bond donors (Lipinski definition) is 0. The zero-order valence-electron chi connectivity index (χ0n) is 19.5. The average Bonchev–Trinajstić information content (AvgIpc) is 3.50. The highest BCUT2D eigenvalue weighted by atomic mass is 16.7. The summed E-state index contributed by atoms with van der Waals surface area (Å²) in [5.74, 6) is 2.88. The van der Waals surface area contributed by atoms with Crippen LogP contribution in [0.1, 0.15) is 16.7 Å². The number of hydrogen-bond acceptors (Lipinski definition) is 4. The second-order valence-electron chi connectivity index (χ2n) is 8.56. The number of benzene rings is 4. The Kier molecular flexibility index (Phi) is 5.72. The third-order valence-corrected chi connectivity index (χ3v) is 6.11. The summed E-state index contributed by atoms with van der Waals surface area (Å²) in [6.07, 6.45) is 3.84. The molecule has 0 aromatic heterocycles. The van der Waals surface area contributed by atoms with Gasteiger partial charge in [-0.15, -0.1) is 0 Å². The minimum Gasteiger partial charge on any atom is -0.457 e. The number of fused-ring (bicyclic) bond motifs is 1. The first-order valence-electron chi connectivity index (χ1n) is 11.8. The quantitative estimate of drug-likeness (QED) is 0.293. The SMILES string of the molecule is O=C1/C(=C/c2ccc3c(c2)OCO3)C=C(c2ccc(Oc3ccccc3)cc2)N1Cc1ccccc1. The number of carbonyl (C=O) groups is 1. The summed E-state index contributed by atoms with van der Waals surface area (Å²) in [5, 5.41) is 0. The van der Waals surface area contributed by atoms with Gasteiger partial charge in [0.25, 0.3) is 5.91 Å². The van der Waals surface area contributed by atoms with Crippen LogP contribution in [0, 0.1) is 0 Å². The smallest absolute Gasteiger partial charge is 0.258 e. The number of nitrogens with zero attached hydrogens (tertiary/aromatic N) is 1. The van der Waals surface area contributed by atoms with Crippen molar-refractivity contribution in [1.82, 2.24) is 4.90 Å². The van der Waals surface area contributed by atoms with Crippen molar-refractivity contribution >= 4 is 17.7 Å². The van der Waals surface area contributed by atoms with Crippen molar-refractivity contribution in [2.45, 2.75) is 6.54 Å². The Labute approximate surface area is 209 Å². The van der Waals surface area contributed by atoms with Crippen LogP contribution in [-0.4, -0.2) is 17.6 Å². The molecule has 176 valence electrons. The summed E-state index contributed by atoms with van der Waals surface area (Å²) >= 11 is 0. The fraction of sp³-hybridized carbons (Fsp3) is 0.0645. The van der Waals surface area contributed by atoms with Crippen molar-refractivity contribution in [2.24, 2.45) is 0 Å². The van der Waals surface area contributed by atoms with Crippen molar-refractivity contribution in [2.75, 3.05) is 6.79 Å². The molecule has 2 heterocycles. The molecule has 1 amide bonds. The Hall–Kier alpha value is -4.77. The molecular formula is C31H23NO4. The normalized spacial score (nSPS) is 15.3. The fourth-order valence-corrected chi connectivity index (χ4v) is 4.32. The zero-order chi connectivity index (χ0) is 24.3. The third kappa shape index (κ3) is 4.46. The van der Waals surface area contributed by atoms with E-state index >= 15 is 0 Å². The average molecular weight is 474 g/mol. The van der Waals surface area contributed by atoms with Crippen LogP contribution in [0.25, 0.3) is 11.8 Å². The van der Waals surface area contributed by atoms with Crippen molar-refractivity contribution in [1.29, 1.82) is 0 Å². The van der Waals surface area contributed by atoms with E-state index in [0.29, 0.717) is 17.9 Å². The molecule has 0 fully saturated rings. The van der Waals surface area contributed by atoms with Crippen LogP contribution in [0.3, 0.4) is 0 Å². The molecule has 0 aliphatic carbocycles. The maximum absolute atomic E-state index is 13.6. The maximum Gasteiger partial charge on any atom is 0.258 e. The van der Waals surface area contributed by atoms with Gasteiger partial charge in [-0.1, -0.05) is 54.6 Å². The number of para-hydroxylation sites is 1. The molecule has 0 unspecified atom stereocenters. The van der Waals surface area contributed by atoms with E-state index < -0.39 is 0 Å². The van der Waals surface area contributed by atoms with Gasteiger partial charge in [-0.3, -0.25) is 4.79 Å². The van der Waals surface area contributed by atoms with E-state index in [1.54, 1.807) is 0 Å². The fourth-order valence-electron chi connectivity index (χ4n) is 4.32. The van der Waals surface area contributed by atoms with Crippen molar-refractivity contribution < 1.29 is 19.0 Å². The molecule has 4 aromatic rings. The molecule has 0 saturated carbocycles. The van der Waals surface area contributed by atoms with Gasteiger partial charge in [0, 0.05) is 5.57 Å². The predicted octanol–water partition coefficient (Wildman–Crippen LogP) is 6.67. The molecular weight excluding hydrogens is 450 g/mol. The Morgan fingerprint density at radius 3 is 2.25 bits per heavy atom. The minimum atomic E-state index is -0.0452. The van der Waals surface area contributed by atoms with Gasteiger partial charge in [-0.2, -0.15) is 0 Å². The topological polar surface area (TPSA) is 48.0 Å². The lowest BCUT2D eigenvalue weighted by Gasteiger charge is -2.21. The number of carbonyl (C=O) groups excluding carboxylic acids is 1. The molecule has 0 spiro atoms. The highest BCUT2D eigenvalue weighted by molar-refractivity contribution is 6.10. The van der Waals surface area contributed by atoms with Crippen LogP contribution in [0.15, 0.2) is 115 Å². The van der Waals surface area contributed by atoms with E-state index in [0.717, 1.165) is 39.6 Å². The van der Waals surface area contributed by atoms with Crippen molar-refractivity contribution in [3.8, 4) is 23.0 Å². The highest BCUT2D eigenvalue weighted by Crippen LogP contribution is 2.36. The Balaban J connectivity index is 1.32. The molecule has 2 aliphatic rings. The van der Waals surface area contributed by atoms with Crippen LogP contribution in [0.4, 0.5) is 0 Å². The molecule has 5 nitrogen and oxygen atoms in total. The summed E-state index contributed by atoms with van der Waals surface area (Å²) < 4.78 is 16.9. The van der Waals surface area contributed by atoms with E-state index in [-0.39, 0.29) is 12.7 Å². The summed E-state index contributed by atoms with van der Waals surface area (Å²) in [7, 11) is 0. The summed E-state index contributed by atoms with van der Waals surface area (Å²) in [4.78, 5) is 15.4. The monoisotopic (exact) mass is 473 g/mol. The lowest BCUT2D eigenvalue weighted by molar-refractivity contribution is -0.123. The van der Waals surface area contributed by atoms with Gasteiger partial charge < -0.3 is 19.1 Å². The van der Waals surface area contributed by atoms with Gasteiger partial charge in [0.15, 0.2) is 11.5 Å². The van der Waals surface area contributed by atoms with E-state index in [2.05, 4.69) is 0 Å². The first-order valence-corrected chi connectivity index (χ1v) is 11.8. The minimum absolute atomic E-state index is 0.0452. The Morgan fingerprint density at radius 1 is 0.778 bits per heavy atom. The van der Waals surface area contributed by atoms with Crippen LogP contribution in [0.5, 0.6) is 23.0 Å². The number of ether oxygens (including phenoxy) is 3. The van der Waals surface area contributed by atoms with Crippen LogP contribution < -0.4 is 14.2 Å². The molecule has 0 bridgehead atoms. The lowest BCUT2D eigenvalue weighted by atomic mass is 10.1. The van der Waals surface area contributed by atoms with Crippen LogP contribution in [-0.2, 0) is 11.3 Å². The Morgan fingerprint density at radius 2 is 1.47 bits per heavy atom. The lowest BCUT2D eigenvalue weighted by Crippen LogP contribution is -2.25. The number of rotatable bonds is 6. The molecule has 6 rings (SSSR count). The van der Waals surface area contributed by atoms with Crippen LogP contribution >= 0.6 is 0 Å². The first-order chi connectivity index (χ1) is 17.7. The van der Waals surface area contributed by atoms with Crippen molar-refractivity contribution in [3.05, 3.63) is 131 Å². The van der Waals surface area contributed by atoms with Crippen molar-refractivity contribution in [3.63, 3.8) is 0 Å². The van der Waals surface area contributed by atoms with Gasteiger partial charge in [0.1, 0.15) is 11.5 Å². The van der Waals surface area contributed by atoms with E-state index in [1.165, 1.54) is 0 Å². The molecule has 0 radical (unpaired) electrons. The molecule has 36 heavy (non-hydrogen) atoms. The Bertz CT molecular complexity index is 1460. The van der Waals surface area contributed by atoms with Gasteiger partial charge in [0.2, 0.25) is 6.79 Å². The second-order valence-corrected chi connectivity index (χ2v) is 8.56. The zero-order valence-corrected chi connectivity index (χ0v) is 19.5. The number of amides is 1. The molecule has 4 aromatic carbocycles. The first kappa shape index (κ1) is 21.7. The van der Waals surface area contributed by atoms with Gasteiger partial charge in [-0.05, 0) is 77.4 Å². The largest absolute Gasteiger partial charge is 0.457 e. The molecule has 0 atom stereocenters. The summed E-state index contributed by atoms with van der Waals surface area (Å²) in [6.45, 7) is 0.694. The summed E-state index contributed by atoms with van der Waals surface area (Å²) in [5.41, 5.74) is 4.34. The highest BCUT2D eigenvalue weighted by Gasteiger charge is 2.29. The molecule has 0 saturated heterocycles. The predicted molar refractivity (Wildman–Crippen MR) is 138 cm³/mol. The van der Waals surface area contributed by atoms with E-state index in [9.17, 15) is 4.79 Å². The van der Waals surface area contributed by atoms with Crippen LogP contribution in [0.2, 0.25) is 0 Å².